The molecule has 1 fully saturated rings. The van der Waals surface area contributed by atoms with Gasteiger partial charge in [-0.3, -0.25) is 4.90 Å². The first-order valence-corrected chi connectivity index (χ1v) is 9.19. The normalized spacial score (nSPS) is 15.4. The fourth-order valence-corrected chi connectivity index (χ4v) is 3.10. The van der Waals surface area contributed by atoms with E-state index in [1.807, 2.05) is 49.1 Å². The monoisotopic (exact) mass is 349 g/mol. The number of rotatable bonds is 4. The van der Waals surface area contributed by atoms with Gasteiger partial charge in [0.15, 0.2) is 0 Å². The molecule has 0 spiro atoms. The molecule has 2 aromatic carbocycles. The second-order valence-corrected chi connectivity index (χ2v) is 6.85. The molecular weight excluding hydrogens is 322 g/mol. The lowest BCUT2D eigenvalue weighted by molar-refractivity contribution is 0.156. The van der Waals surface area contributed by atoms with E-state index in [0.29, 0.717) is 0 Å². The number of hydrogen-bond donors (Lipinski definition) is 1. The van der Waals surface area contributed by atoms with Crippen molar-refractivity contribution in [1.82, 2.24) is 9.80 Å². The highest BCUT2D eigenvalue weighted by Crippen LogP contribution is 2.17. The predicted octanol–water partition coefficient (Wildman–Crippen LogP) is 4.17. The summed E-state index contributed by atoms with van der Waals surface area (Å²) in [6, 6.07) is 16.5. The Balaban J connectivity index is 1.46. The molecule has 1 heterocycles. The van der Waals surface area contributed by atoms with Gasteiger partial charge >= 0.3 is 6.03 Å². The van der Waals surface area contributed by atoms with E-state index >= 15 is 0 Å². The summed E-state index contributed by atoms with van der Waals surface area (Å²) in [4.78, 5) is 16.8. The van der Waals surface area contributed by atoms with Gasteiger partial charge in [-0.2, -0.15) is 0 Å². The fraction of sp³-hybridized carbons (Fsp3) is 0.318. The summed E-state index contributed by atoms with van der Waals surface area (Å²) in [7, 11) is 0. The fourth-order valence-electron chi connectivity index (χ4n) is 3.10. The third kappa shape index (κ3) is 4.96. The second-order valence-electron chi connectivity index (χ2n) is 6.85. The molecule has 0 aromatic heterocycles. The number of benzene rings is 2. The molecule has 0 atom stereocenters. The zero-order valence-electron chi connectivity index (χ0n) is 15.6. The number of nitrogens with zero attached hydrogens (tertiary/aromatic N) is 2. The lowest BCUT2D eigenvalue weighted by Gasteiger charge is -2.34. The second kappa shape index (κ2) is 8.68. The van der Waals surface area contributed by atoms with Crippen LogP contribution in [0.25, 0.3) is 6.08 Å². The predicted molar refractivity (Wildman–Crippen MR) is 108 cm³/mol. The highest BCUT2D eigenvalue weighted by atomic mass is 16.2. The number of nitrogens with one attached hydrogen (secondary N) is 1. The van der Waals surface area contributed by atoms with Crippen molar-refractivity contribution in [2.75, 3.05) is 38.0 Å². The zero-order chi connectivity index (χ0) is 18.4. The molecule has 0 unspecified atom stereocenters. The Hall–Kier alpha value is -2.59. The van der Waals surface area contributed by atoms with Gasteiger partial charge in [0.25, 0.3) is 0 Å². The highest BCUT2D eigenvalue weighted by molar-refractivity contribution is 5.90. The van der Waals surface area contributed by atoms with E-state index in [4.69, 9.17) is 0 Å². The molecular formula is C22H27N3O. The van der Waals surface area contributed by atoms with Crippen LogP contribution in [0.2, 0.25) is 0 Å². The Morgan fingerprint density at radius 1 is 1.04 bits per heavy atom. The third-order valence-corrected chi connectivity index (χ3v) is 4.77. The first-order chi connectivity index (χ1) is 12.6. The van der Waals surface area contributed by atoms with Gasteiger partial charge in [0, 0.05) is 38.4 Å². The van der Waals surface area contributed by atoms with Crippen LogP contribution in [-0.2, 0) is 0 Å². The number of piperazine rings is 1. The Kier molecular flexibility index (Phi) is 6.08. The van der Waals surface area contributed by atoms with Crippen molar-refractivity contribution in [3.8, 4) is 0 Å². The van der Waals surface area contributed by atoms with Crippen LogP contribution in [-0.4, -0.2) is 48.6 Å². The number of aryl methyl sites for hydroxylation is 2. The number of anilines is 1. The number of hydrogen-bond acceptors (Lipinski definition) is 2. The molecule has 1 aliphatic heterocycles. The maximum atomic E-state index is 12.5. The first-order valence-electron chi connectivity index (χ1n) is 9.19. The molecule has 1 saturated heterocycles. The smallest absolute Gasteiger partial charge is 0.321 e. The van der Waals surface area contributed by atoms with Crippen LogP contribution in [0.1, 0.15) is 16.7 Å². The maximum Gasteiger partial charge on any atom is 0.321 e. The van der Waals surface area contributed by atoms with Crippen LogP contribution >= 0.6 is 0 Å². The standard InChI is InChI=1S/C22H27N3O/c1-18-10-11-19(2)21(17-18)23-22(26)25-15-13-24(14-16-25)12-6-9-20-7-4-3-5-8-20/h3-11,17H,12-16H2,1-2H3,(H,23,26). The average Bonchev–Trinajstić information content (AvgIpc) is 2.66. The highest BCUT2D eigenvalue weighted by Gasteiger charge is 2.20. The van der Waals surface area contributed by atoms with E-state index in [9.17, 15) is 4.79 Å². The summed E-state index contributed by atoms with van der Waals surface area (Å²) in [5.74, 6) is 0. The van der Waals surface area contributed by atoms with E-state index in [1.165, 1.54) is 5.56 Å². The van der Waals surface area contributed by atoms with Gasteiger partial charge in [-0.05, 0) is 36.6 Å². The maximum absolute atomic E-state index is 12.5. The van der Waals surface area contributed by atoms with Crippen molar-refractivity contribution >= 4 is 17.8 Å². The van der Waals surface area contributed by atoms with Crippen LogP contribution in [0.3, 0.4) is 0 Å². The molecule has 0 saturated carbocycles. The molecule has 2 amide bonds. The van der Waals surface area contributed by atoms with Gasteiger partial charge < -0.3 is 10.2 Å². The first kappa shape index (κ1) is 18.2. The van der Waals surface area contributed by atoms with Gasteiger partial charge in [0.05, 0.1) is 0 Å². The SMILES string of the molecule is Cc1ccc(C)c(NC(=O)N2CCN(CC=Cc3ccccc3)CC2)c1. The van der Waals surface area contributed by atoms with Crippen molar-refractivity contribution in [3.63, 3.8) is 0 Å². The summed E-state index contributed by atoms with van der Waals surface area (Å²) in [6.07, 6.45) is 4.35. The summed E-state index contributed by atoms with van der Waals surface area (Å²) >= 11 is 0. The van der Waals surface area contributed by atoms with Crippen molar-refractivity contribution in [2.45, 2.75) is 13.8 Å². The zero-order valence-corrected chi connectivity index (χ0v) is 15.6. The lowest BCUT2D eigenvalue weighted by atomic mass is 10.1. The van der Waals surface area contributed by atoms with Crippen LogP contribution in [0.15, 0.2) is 54.6 Å². The molecule has 4 nitrogen and oxygen atoms in total. The summed E-state index contributed by atoms with van der Waals surface area (Å²) in [5, 5.41) is 3.05. The molecule has 1 N–H and O–H groups in total. The minimum Gasteiger partial charge on any atom is -0.322 e. The quantitative estimate of drug-likeness (QED) is 0.899. The average molecular weight is 349 g/mol. The van der Waals surface area contributed by atoms with Gasteiger partial charge in [0.2, 0.25) is 0 Å². The van der Waals surface area contributed by atoms with E-state index in [2.05, 4.69) is 40.6 Å². The van der Waals surface area contributed by atoms with E-state index < -0.39 is 0 Å². The van der Waals surface area contributed by atoms with Gasteiger partial charge in [-0.15, -0.1) is 0 Å². The van der Waals surface area contributed by atoms with Crippen molar-refractivity contribution in [1.29, 1.82) is 0 Å². The Morgan fingerprint density at radius 2 is 1.77 bits per heavy atom. The lowest BCUT2D eigenvalue weighted by Crippen LogP contribution is -2.50. The minimum atomic E-state index is -0.00169. The number of carbonyl (C=O) groups is 1. The summed E-state index contributed by atoms with van der Waals surface area (Å²) in [5.41, 5.74) is 4.37. The van der Waals surface area contributed by atoms with Gasteiger partial charge in [-0.1, -0.05) is 54.6 Å². The molecule has 2 aromatic rings. The van der Waals surface area contributed by atoms with E-state index in [-0.39, 0.29) is 6.03 Å². The largest absolute Gasteiger partial charge is 0.322 e. The van der Waals surface area contributed by atoms with Gasteiger partial charge in [0.1, 0.15) is 0 Å². The van der Waals surface area contributed by atoms with Gasteiger partial charge in [-0.25, -0.2) is 4.79 Å². The third-order valence-electron chi connectivity index (χ3n) is 4.77. The summed E-state index contributed by atoms with van der Waals surface area (Å²) < 4.78 is 0. The topological polar surface area (TPSA) is 35.6 Å². The molecule has 26 heavy (non-hydrogen) atoms. The molecule has 0 aliphatic carbocycles. The van der Waals surface area contributed by atoms with Crippen molar-refractivity contribution < 1.29 is 4.79 Å². The summed E-state index contributed by atoms with van der Waals surface area (Å²) in [6.45, 7) is 8.30. The van der Waals surface area contributed by atoms with E-state index in [0.717, 1.165) is 49.5 Å². The van der Waals surface area contributed by atoms with Crippen LogP contribution in [0.4, 0.5) is 10.5 Å². The molecule has 1 aliphatic rings. The molecule has 136 valence electrons. The van der Waals surface area contributed by atoms with Crippen LogP contribution in [0.5, 0.6) is 0 Å². The molecule has 4 heteroatoms. The number of amides is 2. The molecule has 3 rings (SSSR count). The minimum absolute atomic E-state index is 0.00169. The molecule has 0 radical (unpaired) electrons. The molecule has 0 bridgehead atoms. The number of carbonyl (C=O) groups excluding carboxylic acids is 1. The Bertz CT molecular complexity index is 762. The van der Waals surface area contributed by atoms with Crippen LogP contribution in [0, 0.1) is 13.8 Å². The Morgan fingerprint density at radius 3 is 2.50 bits per heavy atom. The number of urea groups is 1. The Labute approximate surface area is 156 Å². The van der Waals surface area contributed by atoms with Crippen molar-refractivity contribution in [2.24, 2.45) is 0 Å². The van der Waals surface area contributed by atoms with E-state index in [1.54, 1.807) is 0 Å². The van der Waals surface area contributed by atoms with Crippen molar-refractivity contribution in [3.05, 3.63) is 71.3 Å². The van der Waals surface area contributed by atoms with Crippen LogP contribution < -0.4 is 5.32 Å².